The van der Waals surface area contributed by atoms with Gasteiger partial charge in [-0.1, -0.05) is 0 Å². The third-order valence-electron chi connectivity index (χ3n) is 4.96. The van der Waals surface area contributed by atoms with Crippen LogP contribution in [0.4, 0.5) is 0 Å². The van der Waals surface area contributed by atoms with Crippen LogP contribution in [0.25, 0.3) is 11.7 Å². The molecule has 0 aliphatic carbocycles. The highest BCUT2D eigenvalue weighted by Crippen LogP contribution is 2.35. The molecule has 4 rings (SSSR count). The first-order chi connectivity index (χ1) is 14.0. The molecule has 0 radical (unpaired) electrons. The van der Waals surface area contributed by atoms with Gasteiger partial charge in [-0.05, 0) is 37.1 Å². The van der Waals surface area contributed by atoms with Crippen molar-refractivity contribution in [3.05, 3.63) is 42.5 Å². The highest BCUT2D eigenvalue weighted by molar-refractivity contribution is 7.89. The lowest BCUT2D eigenvalue weighted by Crippen LogP contribution is -2.38. The maximum atomic E-state index is 13.2. The van der Waals surface area contributed by atoms with Gasteiger partial charge < -0.3 is 18.3 Å². The molecule has 1 saturated heterocycles. The van der Waals surface area contributed by atoms with Crippen molar-refractivity contribution in [3.63, 3.8) is 0 Å². The van der Waals surface area contributed by atoms with Crippen LogP contribution < -0.4 is 9.47 Å². The van der Waals surface area contributed by atoms with Gasteiger partial charge in [-0.15, -0.1) is 10.2 Å². The molecular weight excluding hydrogens is 398 g/mol. The molecule has 0 bridgehead atoms. The fourth-order valence-electron chi connectivity index (χ4n) is 3.37. The van der Waals surface area contributed by atoms with E-state index in [1.165, 1.54) is 30.9 Å². The Balaban J connectivity index is 1.49. The molecule has 0 spiro atoms. The number of piperidine rings is 1. The molecule has 1 aliphatic rings. The number of nitrogens with zero attached hydrogens (tertiary/aromatic N) is 3. The van der Waals surface area contributed by atoms with Crippen molar-refractivity contribution >= 4 is 10.0 Å². The van der Waals surface area contributed by atoms with Gasteiger partial charge >= 0.3 is 0 Å². The van der Waals surface area contributed by atoms with Crippen LogP contribution in [0.3, 0.4) is 0 Å². The average Bonchev–Trinajstić information content (AvgIpc) is 3.45. The van der Waals surface area contributed by atoms with Crippen molar-refractivity contribution < 1.29 is 26.7 Å². The molecule has 3 heterocycles. The smallest absolute Gasteiger partial charge is 0.283 e. The van der Waals surface area contributed by atoms with E-state index in [4.69, 9.17) is 18.3 Å². The second kappa shape index (κ2) is 7.88. The van der Waals surface area contributed by atoms with E-state index in [1.807, 2.05) is 0 Å². The molecular formula is C19H21N3O6S. The van der Waals surface area contributed by atoms with Gasteiger partial charge in [0, 0.05) is 25.1 Å². The summed E-state index contributed by atoms with van der Waals surface area (Å²) >= 11 is 0. The maximum Gasteiger partial charge on any atom is 0.283 e. The summed E-state index contributed by atoms with van der Waals surface area (Å²) in [7, 11) is -0.792. The third-order valence-corrected chi connectivity index (χ3v) is 6.88. The largest absolute Gasteiger partial charge is 0.497 e. The standard InChI is InChI=1S/C19H21N3O6S/c1-25-14-5-6-15(26-2)17(12-14)29(23,24)22-9-7-13(8-10-22)18-20-21-19(28-18)16-4-3-11-27-16/h3-6,11-13H,7-10H2,1-2H3. The lowest BCUT2D eigenvalue weighted by atomic mass is 9.98. The van der Waals surface area contributed by atoms with E-state index in [1.54, 1.807) is 24.3 Å². The second-order valence-corrected chi connectivity index (χ2v) is 8.52. The van der Waals surface area contributed by atoms with E-state index < -0.39 is 10.0 Å². The Morgan fingerprint density at radius 1 is 1.10 bits per heavy atom. The van der Waals surface area contributed by atoms with Crippen LogP contribution in [0.5, 0.6) is 11.5 Å². The summed E-state index contributed by atoms with van der Waals surface area (Å²) in [6.07, 6.45) is 2.69. The van der Waals surface area contributed by atoms with E-state index in [-0.39, 0.29) is 16.6 Å². The predicted octanol–water partition coefficient (Wildman–Crippen LogP) is 2.92. The van der Waals surface area contributed by atoms with Crippen LogP contribution in [0.2, 0.25) is 0 Å². The Hall–Kier alpha value is -2.85. The lowest BCUT2D eigenvalue weighted by Gasteiger charge is -2.30. The Morgan fingerprint density at radius 2 is 1.90 bits per heavy atom. The zero-order valence-electron chi connectivity index (χ0n) is 16.1. The highest BCUT2D eigenvalue weighted by atomic mass is 32.2. The van der Waals surface area contributed by atoms with Gasteiger partial charge in [-0.3, -0.25) is 0 Å². The Kier molecular flexibility index (Phi) is 5.29. The van der Waals surface area contributed by atoms with E-state index in [9.17, 15) is 8.42 Å². The molecule has 1 aliphatic heterocycles. The first-order valence-corrected chi connectivity index (χ1v) is 10.6. The topological polar surface area (TPSA) is 108 Å². The molecule has 0 atom stereocenters. The summed E-state index contributed by atoms with van der Waals surface area (Å²) in [6.45, 7) is 0.678. The number of rotatable bonds is 6. The number of furan rings is 1. The molecule has 1 fully saturated rings. The number of benzene rings is 1. The van der Waals surface area contributed by atoms with E-state index in [0.29, 0.717) is 49.2 Å². The minimum absolute atomic E-state index is 0.00938. The fourth-order valence-corrected chi connectivity index (χ4v) is 5.01. The zero-order chi connectivity index (χ0) is 20.4. The van der Waals surface area contributed by atoms with Gasteiger partial charge in [-0.2, -0.15) is 4.31 Å². The first-order valence-electron chi connectivity index (χ1n) is 9.12. The molecule has 2 aromatic heterocycles. The quantitative estimate of drug-likeness (QED) is 0.600. The van der Waals surface area contributed by atoms with Crippen molar-refractivity contribution in [2.45, 2.75) is 23.7 Å². The van der Waals surface area contributed by atoms with Crippen LogP contribution in [0.15, 0.2) is 50.3 Å². The number of hydrogen-bond acceptors (Lipinski definition) is 8. The summed E-state index contributed by atoms with van der Waals surface area (Å²) < 4.78 is 49.2. The number of ether oxygens (including phenoxy) is 2. The van der Waals surface area contributed by atoms with Crippen LogP contribution >= 0.6 is 0 Å². The monoisotopic (exact) mass is 419 g/mol. The van der Waals surface area contributed by atoms with Gasteiger partial charge in [0.2, 0.25) is 15.9 Å². The van der Waals surface area contributed by atoms with Gasteiger partial charge in [0.25, 0.3) is 5.89 Å². The molecule has 0 unspecified atom stereocenters. The van der Waals surface area contributed by atoms with Crippen LogP contribution in [0.1, 0.15) is 24.7 Å². The fraction of sp³-hybridized carbons (Fsp3) is 0.368. The van der Waals surface area contributed by atoms with Crippen molar-refractivity contribution in [1.29, 1.82) is 0 Å². The molecule has 154 valence electrons. The first kappa shape index (κ1) is 19.5. The molecule has 10 heteroatoms. The van der Waals surface area contributed by atoms with Crippen LogP contribution in [-0.4, -0.2) is 50.2 Å². The van der Waals surface area contributed by atoms with Crippen molar-refractivity contribution in [3.8, 4) is 23.1 Å². The highest BCUT2D eigenvalue weighted by Gasteiger charge is 2.34. The summed E-state index contributed by atoms with van der Waals surface area (Å²) in [5.74, 6) is 2.05. The summed E-state index contributed by atoms with van der Waals surface area (Å²) in [5.41, 5.74) is 0. The van der Waals surface area contributed by atoms with Crippen LogP contribution in [-0.2, 0) is 10.0 Å². The molecule has 9 nitrogen and oxygen atoms in total. The van der Waals surface area contributed by atoms with Gasteiger partial charge in [0.15, 0.2) is 5.76 Å². The molecule has 1 aromatic carbocycles. The number of sulfonamides is 1. The number of methoxy groups -OCH3 is 2. The third kappa shape index (κ3) is 3.73. The van der Waals surface area contributed by atoms with Crippen molar-refractivity contribution in [2.75, 3.05) is 27.3 Å². The molecule has 0 saturated carbocycles. The van der Waals surface area contributed by atoms with E-state index >= 15 is 0 Å². The van der Waals surface area contributed by atoms with Crippen molar-refractivity contribution in [2.24, 2.45) is 0 Å². The van der Waals surface area contributed by atoms with Gasteiger partial charge in [-0.25, -0.2) is 8.42 Å². The predicted molar refractivity (Wildman–Crippen MR) is 102 cm³/mol. The molecule has 29 heavy (non-hydrogen) atoms. The van der Waals surface area contributed by atoms with Gasteiger partial charge in [0.05, 0.1) is 20.5 Å². The summed E-state index contributed by atoms with van der Waals surface area (Å²) in [6, 6.07) is 8.22. The Morgan fingerprint density at radius 3 is 2.55 bits per heavy atom. The number of aromatic nitrogens is 2. The number of hydrogen-bond donors (Lipinski definition) is 0. The molecule has 3 aromatic rings. The van der Waals surface area contributed by atoms with E-state index in [0.717, 1.165) is 0 Å². The summed E-state index contributed by atoms with van der Waals surface area (Å²) in [5, 5.41) is 8.13. The summed E-state index contributed by atoms with van der Waals surface area (Å²) in [4.78, 5) is 0.0932. The normalized spacial score (nSPS) is 16.1. The molecule has 0 N–H and O–H groups in total. The molecule has 0 amide bonds. The second-order valence-electron chi connectivity index (χ2n) is 6.62. The van der Waals surface area contributed by atoms with Gasteiger partial charge in [0.1, 0.15) is 16.4 Å². The minimum Gasteiger partial charge on any atom is -0.497 e. The van der Waals surface area contributed by atoms with Crippen molar-refractivity contribution in [1.82, 2.24) is 14.5 Å². The Bertz CT molecular complexity index is 1070. The SMILES string of the molecule is COc1ccc(OC)c(S(=O)(=O)N2CCC(c3nnc(-c4ccco4)o3)CC2)c1. The Labute approximate surface area is 168 Å². The lowest BCUT2D eigenvalue weighted by molar-refractivity contribution is 0.289. The maximum absolute atomic E-state index is 13.2. The average molecular weight is 419 g/mol. The van der Waals surface area contributed by atoms with E-state index in [2.05, 4.69) is 10.2 Å². The minimum atomic E-state index is -3.73. The van der Waals surface area contributed by atoms with Crippen LogP contribution in [0, 0.1) is 0 Å². The zero-order valence-corrected chi connectivity index (χ0v) is 16.9.